The predicted molar refractivity (Wildman–Crippen MR) is 270 cm³/mol. The van der Waals surface area contributed by atoms with Gasteiger partial charge in [0.2, 0.25) is 0 Å². The fourth-order valence-electron chi connectivity index (χ4n) is 7.04. The summed E-state index contributed by atoms with van der Waals surface area (Å²) in [7, 11) is 0. The van der Waals surface area contributed by atoms with Gasteiger partial charge in [-0.3, -0.25) is 14.4 Å². The molecular weight excluding hydrogens is 781 g/mol. The number of unbranched alkanes of at least 4 members (excludes halogenated alkanes) is 21. The zero-order chi connectivity index (χ0) is 45.8. The Hall–Kier alpha value is -3.41. The van der Waals surface area contributed by atoms with Crippen LogP contribution >= 0.6 is 0 Å². The molecule has 0 heterocycles. The Morgan fingerprint density at radius 2 is 0.619 bits per heavy atom. The van der Waals surface area contributed by atoms with Crippen molar-refractivity contribution in [2.45, 2.75) is 245 Å². The zero-order valence-corrected chi connectivity index (χ0v) is 41.1. The lowest BCUT2D eigenvalue weighted by Crippen LogP contribution is -2.30. The smallest absolute Gasteiger partial charge is 0.306 e. The van der Waals surface area contributed by atoms with E-state index >= 15 is 0 Å². The lowest BCUT2D eigenvalue weighted by Gasteiger charge is -2.18. The number of hydrogen-bond donors (Lipinski definition) is 0. The van der Waals surface area contributed by atoms with Crippen LogP contribution in [0.3, 0.4) is 0 Å². The van der Waals surface area contributed by atoms with Crippen LogP contribution in [-0.2, 0) is 28.6 Å². The van der Waals surface area contributed by atoms with Crippen molar-refractivity contribution in [1.29, 1.82) is 0 Å². The molecule has 0 aromatic carbocycles. The van der Waals surface area contributed by atoms with Gasteiger partial charge in [-0.05, 0) is 89.9 Å². The van der Waals surface area contributed by atoms with E-state index in [1.807, 2.05) is 0 Å². The maximum absolute atomic E-state index is 12.8. The molecule has 0 saturated heterocycles. The third kappa shape index (κ3) is 49.5. The molecule has 0 spiro atoms. The number of carbonyl (C=O) groups is 3. The molecule has 0 unspecified atom stereocenters. The summed E-state index contributed by atoms with van der Waals surface area (Å²) in [6.07, 6.45) is 65.7. The van der Waals surface area contributed by atoms with Crippen LogP contribution in [0, 0.1) is 0 Å². The molecule has 0 N–H and O–H groups in total. The van der Waals surface area contributed by atoms with Crippen molar-refractivity contribution in [2.75, 3.05) is 13.2 Å². The van der Waals surface area contributed by atoms with E-state index in [1.54, 1.807) is 0 Å². The molecule has 6 nitrogen and oxygen atoms in total. The number of ether oxygens (including phenoxy) is 3. The van der Waals surface area contributed by atoms with Crippen molar-refractivity contribution in [3.8, 4) is 0 Å². The Bertz CT molecular complexity index is 1240. The SMILES string of the molecule is CC/C=C\C/C=C\C/C=C\C/C=C\CCCCC(=O)O[C@H](COC(=O)CCCCCCC/C=C\C/C=C\C/C=C\CC)COC(=O)CCCCCCCCCCCCCCCCC. The number of esters is 3. The second kappa shape index (κ2) is 51.2. The van der Waals surface area contributed by atoms with E-state index in [-0.39, 0.29) is 37.5 Å². The highest BCUT2D eigenvalue weighted by atomic mass is 16.6. The summed E-state index contributed by atoms with van der Waals surface area (Å²) in [5.74, 6) is -0.956. The van der Waals surface area contributed by atoms with Crippen LogP contribution in [0.4, 0.5) is 0 Å². The standard InChI is InChI=1S/C57H96O6/c1-4-7-10-13-16-19-22-25-28-31-34-37-40-43-46-49-55(58)61-52-54(63-57(60)51-48-45-42-39-36-33-30-27-24-21-18-15-12-9-6-3)53-62-56(59)50-47-44-41-38-35-32-29-26-23-20-17-14-11-8-5-2/h7,9-10,12,16,18-19,21,25,27-28,30,36,39,54H,4-6,8,11,13-15,17,20,22-24,26,29,31-35,37-38,40-53H2,1-3H3/b10-7-,12-9-,19-16-,21-18-,28-25-,30-27-,39-36-/t54-/m1/s1. The molecule has 0 saturated carbocycles. The number of allylic oxidation sites excluding steroid dienone is 14. The molecule has 0 aliphatic rings. The van der Waals surface area contributed by atoms with Gasteiger partial charge in [-0.1, -0.05) is 215 Å². The van der Waals surface area contributed by atoms with Crippen molar-refractivity contribution in [1.82, 2.24) is 0 Å². The number of carbonyl (C=O) groups excluding carboxylic acids is 3. The minimum Gasteiger partial charge on any atom is -0.462 e. The lowest BCUT2D eigenvalue weighted by atomic mass is 10.0. The minimum atomic E-state index is -0.803. The molecular formula is C57H96O6. The molecule has 0 aromatic heterocycles. The Morgan fingerprint density at radius 1 is 0.333 bits per heavy atom. The van der Waals surface area contributed by atoms with E-state index < -0.39 is 6.10 Å². The van der Waals surface area contributed by atoms with E-state index in [2.05, 4.69) is 106 Å². The van der Waals surface area contributed by atoms with Crippen molar-refractivity contribution in [3.05, 3.63) is 85.1 Å². The molecule has 63 heavy (non-hydrogen) atoms. The van der Waals surface area contributed by atoms with Crippen LogP contribution in [-0.4, -0.2) is 37.2 Å². The highest BCUT2D eigenvalue weighted by Crippen LogP contribution is 2.15. The summed E-state index contributed by atoms with van der Waals surface area (Å²) in [5.41, 5.74) is 0. The van der Waals surface area contributed by atoms with Gasteiger partial charge in [0.05, 0.1) is 0 Å². The van der Waals surface area contributed by atoms with Crippen LogP contribution in [0.1, 0.15) is 239 Å². The van der Waals surface area contributed by atoms with Crippen LogP contribution in [0.25, 0.3) is 0 Å². The van der Waals surface area contributed by atoms with E-state index in [0.29, 0.717) is 19.3 Å². The summed E-state index contributed by atoms with van der Waals surface area (Å²) in [6, 6.07) is 0. The Labute approximate surface area is 388 Å². The normalized spacial score (nSPS) is 12.7. The molecule has 1 atom stereocenters. The van der Waals surface area contributed by atoms with E-state index in [9.17, 15) is 14.4 Å². The maximum atomic E-state index is 12.8. The predicted octanol–water partition coefficient (Wildman–Crippen LogP) is 17.2. The molecule has 0 rings (SSSR count). The zero-order valence-electron chi connectivity index (χ0n) is 41.1. The van der Waals surface area contributed by atoms with E-state index in [1.165, 1.54) is 77.0 Å². The summed E-state index contributed by atoms with van der Waals surface area (Å²) >= 11 is 0. The first-order chi connectivity index (χ1) is 31.0. The van der Waals surface area contributed by atoms with E-state index in [4.69, 9.17) is 14.2 Å². The third-order valence-electron chi connectivity index (χ3n) is 10.9. The average molecular weight is 877 g/mol. The van der Waals surface area contributed by atoms with Crippen LogP contribution in [0.15, 0.2) is 85.1 Å². The van der Waals surface area contributed by atoms with Gasteiger partial charge in [-0.2, -0.15) is 0 Å². The second-order valence-corrected chi connectivity index (χ2v) is 17.0. The van der Waals surface area contributed by atoms with Gasteiger partial charge >= 0.3 is 17.9 Å². The molecule has 0 bridgehead atoms. The molecule has 0 amide bonds. The molecule has 0 fully saturated rings. The Morgan fingerprint density at radius 3 is 1.00 bits per heavy atom. The van der Waals surface area contributed by atoms with Gasteiger partial charge in [0, 0.05) is 19.3 Å². The van der Waals surface area contributed by atoms with Gasteiger partial charge in [-0.25, -0.2) is 0 Å². The van der Waals surface area contributed by atoms with Crippen molar-refractivity contribution in [3.63, 3.8) is 0 Å². The second-order valence-electron chi connectivity index (χ2n) is 17.0. The van der Waals surface area contributed by atoms with Gasteiger partial charge < -0.3 is 14.2 Å². The highest BCUT2D eigenvalue weighted by molar-refractivity contribution is 5.71. The maximum Gasteiger partial charge on any atom is 0.306 e. The summed E-state index contributed by atoms with van der Waals surface area (Å²) in [4.78, 5) is 38.0. The molecule has 0 aromatic rings. The first kappa shape index (κ1) is 59.6. The van der Waals surface area contributed by atoms with Crippen LogP contribution < -0.4 is 0 Å². The fraction of sp³-hybridized carbons (Fsp3) is 0.702. The lowest BCUT2D eigenvalue weighted by molar-refractivity contribution is -0.167. The van der Waals surface area contributed by atoms with Gasteiger partial charge in [-0.15, -0.1) is 0 Å². The van der Waals surface area contributed by atoms with Crippen molar-refractivity contribution < 1.29 is 28.6 Å². The Kier molecular flexibility index (Phi) is 48.5. The van der Waals surface area contributed by atoms with Crippen LogP contribution in [0.5, 0.6) is 0 Å². The van der Waals surface area contributed by atoms with Gasteiger partial charge in [0.25, 0.3) is 0 Å². The summed E-state index contributed by atoms with van der Waals surface area (Å²) in [6.45, 7) is 6.37. The van der Waals surface area contributed by atoms with Gasteiger partial charge in [0.1, 0.15) is 13.2 Å². The quantitative estimate of drug-likeness (QED) is 0.0262. The largest absolute Gasteiger partial charge is 0.462 e. The first-order valence-electron chi connectivity index (χ1n) is 26.1. The topological polar surface area (TPSA) is 78.9 Å². The van der Waals surface area contributed by atoms with Crippen molar-refractivity contribution >= 4 is 17.9 Å². The highest BCUT2D eigenvalue weighted by Gasteiger charge is 2.19. The first-order valence-corrected chi connectivity index (χ1v) is 26.1. The number of rotatable bonds is 46. The molecule has 0 radical (unpaired) electrons. The van der Waals surface area contributed by atoms with Crippen molar-refractivity contribution in [2.24, 2.45) is 0 Å². The summed E-state index contributed by atoms with van der Waals surface area (Å²) < 4.78 is 16.8. The fourth-order valence-corrected chi connectivity index (χ4v) is 7.04. The monoisotopic (exact) mass is 877 g/mol. The molecule has 360 valence electrons. The Balaban J connectivity index is 4.47. The molecule has 0 aliphatic heterocycles. The summed E-state index contributed by atoms with van der Waals surface area (Å²) in [5, 5.41) is 0. The third-order valence-corrected chi connectivity index (χ3v) is 10.9. The molecule has 0 aliphatic carbocycles. The molecule has 6 heteroatoms. The number of hydrogen-bond acceptors (Lipinski definition) is 6. The van der Waals surface area contributed by atoms with Crippen LogP contribution in [0.2, 0.25) is 0 Å². The van der Waals surface area contributed by atoms with E-state index in [0.717, 1.165) is 116 Å². The van der Waals surface area contributed by atoms with Gasteiger partial charge in [0.15, 0.2) is 6.10 Å². The minimum absolute atomic E-state index is 0.0976. The average Bonchev–Trinajstić information content (AvgIpc) is 3.28.